The Morgan fingerprint density at radius 2 is 1.49 bits per heavy atom. The molecule has 1 amide bonds. The Bertz CT molecular complexity index is 1300. The van der Waals surface area contributed by atoms with Gasteiger partial charge in [-0.1, -0.05) is 66.0 Å². The molecular weight excluding hydrogens is 650 g/mol. The summed E-state index contributed by atoms with van der Waals surface area (Å²) in [7, 11) is 0. The van der Waals surface area contributed by atoms with E-state index >= 15 is 0 Å². The maximum atomic E-state index is 12.5. The van der Waals surface area contributed by atoms with Crippen molar-refractivity contribution >= 4 is 23.8 Å². The Kier molecular flexibility index (Phi) is 12.7. The first-order valence-electron chi connectivity index (χ1n) is 19.8. The van der Waals surface area contributed by atoms with Crippen molar-refractivity contribution in [1.29, 1.82) is 0 Å². The first-order valence-corrected chi connectivity index (χ1v) is 19.8. The zero-order valence-electron chi connectivity index (χ0n) is 32.6. The van der Waals surface area contributed by atoms with E-state index in [0.717, 1.165) is 42.9 Å². The van der Waals surface area contributed by atoms with Crippen LogP contribution in [0.25, 0.3) is 0 Å². The van der Waals surface area contributed by atoms with Gasteiger partial charge in [-0.05, 0) is 97.2 Å². The van der Waals surface area contributed by atoms with Crippen molar-refractivity contribution in [3.8, 4) is 0 Å². The molecule has 1 heterocycles. The fourth-order valence-electron chi connectivity index (χ4n) is 11.3. The molecular formula is C41H65NO9. The Morgan fingerprint density at radius 1 is 0.824 bits per heavy atom. The highest BCUT2D eigenvalue weighted by Crippen LogP contribution is 2.67. The summed E-state index contributed by atoms with van der Waals surface area (Å²) in [6.07, 6.45) is 12.5. The van der Waals surface area contributed by atoms with Crippen molar-refractivity contribution < 1.29 is 42.9 Å². The number of allylic oxidation sites excluding steroid dienone is 2. The third-order valence-corrected chi connectivity index (χ3v) is 13.7. The summed E-state index contributed by atoms with van der Waals surface area (Å²) in [4.78, 5) is 48.7. The maximum absolute atomic E-state index is 12.5. The second-order valence-electron chi connectivity index (χ2n) is 17.6. The van der Waals surface area contributed by atoms with Crippen LogP contribution in [-0.4, -0.2) is 67.2 Å². The minimum absolute atomic E-state index is 0.171. The van der Waals surface area contributed by atoms with E-state index in [9.17, 15) is 19.2 Å². The van der Waals surface area contributed by atoms with E-state index in [1.54, 1.807) is 0 Å². The monoisotopic (exact) mass is 715 g/mol. The van der Waals surface area contributed by atoms with Crippen LogP contribution in [0.4, 0.5) is 0 Å². The van der Waals surface area contributed by atoms with Gasteiger partial charge in [-0.2, -0.15) is 0 Å². The van der Waals surface area contributed by atoms with Crippen LogP contribution in [0, 0.1) is 52.3 Å². The molecule has 14 atom stereocenters. The van der Waals surface area contributed by atoms with Crippen molar-refractivity contribution in [1.82, 2.24) is 5.32 Å². The summed E-state index contributed by atoms with van der Waals surface area (Å²) in [5.41, 5.74) is 0.582. The average molecular weight is 716 g/mol. The summed E-state index contributed by atoms with van der Waals surface area (Å²) in [5.74, 6) is 2.54. The summed E-state index contributed by atoms with van der Waals surface area (Å²) in [5, 5.41) is 2.84. The highest BCUT2D eigenvalue weighted by molar-refractivity contribution is 5.73. The van der Waals surface area contributed by atoms with Gasteiger partial charge >= 0.3 is 17.9 Å². The van der Waals surface area contributed by atoms with Gasteiger partial charge < -0.3 is 29.0 Å². The SMILES string of the molecule is CC(=O)N[C@H]1[C@H](OC2CCC3(C)C(C=CC4C3CCC3(C)C(C(C)CCCC(C)C)CCC43)C2)O[C@H](COC(C)=O)[C@@H](OC(C)=O)[C@@H]1OC(C)=O. The fourth-order valence-corrected chi connectivity index (χ4v) is 11.3. The summed E-state index contributed by atoms with van der Waals surface area (Å²) in [6, 6.07) is -0.956. The topological polar surface area (TPSA) is 126 Å². The Balaban J connectivity index is 1.32. The number of carbonyl (C=O) groups is 4. The number of fused-ring (bicyclic) bond motifs is 5. The summed E-state index contributed by atoms with van der Waals surface area (Å²) >= 11 is 0. The first kappa shape index (κ1) is 39.7. The lowest BCUT2D eigenvalue weighted by molar-refractivity contribution is -0.292. The predicted molar refractivity (Wildman–Crippen MR) is 192 cm³/mol. The number of hydrogen-bond donors (Lipinski definition) is 1. The number of ether oxygens (including phenoxy) is 5. The molecule has 1 N–H and O–H groups in total. The lowest BCUT2D eigenvalue weighted by Crippen LogP contribution is -2.67. The van der Waals surface area contributed by atoms with Crippen LogP contribution in [0.2, 0.25) is 0 Å². The third kappa shape index (κ3) is 8.69. The van der Waals surface area contributed by atoms with Gasteiger partial charge in [0.1, 0.15) is 18.8 Å². The van der Waals surface area contributed by atoms with Crippen molar-refractivity contribution in [3.63, 3.8) is 0 Å². The molecule has 10 nitrogen and oxygen atoms in total. The van der Waals surface area contributed by atoms with Gasteiger partial charge in [0, 0.05) is 27.7 Å². The van der Waals surface area contributed by atoms with Crippen LogP contribution < -0.4 is 5.32 Å². The molecule has 288 valence electrons. The zero-order chi connectivity index (χ0) is 37.2. The van der Waals surface area contributed by atoms with Gasteiger partial charge in [0.2, 0.25) is 5.91 Å². The van der Waals surface area contributed by atoms with E-state index in [1.165, 1.54) is 72.6 Å². The third-order valence-electron chi connectivity index (χ3n) is 13.7. The number of hydrogen-bond acceptors (Lipinski definition) is 9. The number of rotatable bonds is 12. The van der Waals surface area contributed by atoms with Crippen LogP contribution >= 0.6 is 0 Å². The molecule has 0 aromatic carbocycles. The van der Waals surface area contributed by atoms with E-state index in [-0.39, 0.29) is 24.0 Å². The van der Waals surface area contributed by atoms with E-state index < -0.39 is 48.6 Å². The maximum Gasteiger partial charge on any atom is 0.303 e. The molecule has 3 saturated carbocycles. The molecule has 0 aromatic heterocycles. The smallest absolute Gasteiger partial charge is 0.303 e. The van der Waals surface area contributed by atoms with Crippen LogP contribution in [0.3, 0.4) is 0 Å². The van der Waals surface area contributed by atoms with Crippen LogP contribution in [0.15, 0.2) is 12.2 Å². The Labute approximate surface area is 305 Å². The number of nitrogens with one attached hydrogen (secondary N) is 1. The van der Waals surface area contributed by atoms with E-state index in [2.05, 4.69) is 52.1 Å². The highest BCUT2D eigenvalue weighted by Gasteiger charge is 2.60. The predicted octanol–water partition coefficient (Wildman–Crippen LogP) is 6.93. The summed E-state index contributed by atoms with van der Waals surface area (Å²) in [6.45, 7) is 17.2. The van der Waals surface area contributed by atoms with Crippen LogP contribution in [-0.2, 0) is 42.9 Å². The van der Waals surface area contributed by atoms with E-state index in [4.69, 9.17) is 23.7 Å². The van der Waals surface area contributed by atoms with Gasteiger partial charge in [-0.3, -0.25) is 19.2 Å². The molecule has 9 unspecified atom stereocenters. The average Bonchev–Trinajstić information content (AvgIpc) is 3.39. The first-order chi connectivity index (χ1) is 24.0. The lowest BCUT2D eigenvalue weighted by Gasteiger charge is -2.59. The molecule has 0 bridgehead atoms. The highest BCUT2D eigenvalue weighted by atomic mass is 16.7. The standard InChI is InChI=1S/C41H65NO9/c1-23(2)11-10-12-24(3)32-15-16-33-31-14-13-29-21-30(17-19-40(29,8)34(31)18-20-41(32,33)9)50-39-36(42-25(4)43)38(49-28(7)46)37(48-27(6)45)35(51-39)22-47-26(5)44/h13-14,23-24,29-39H,10-12,15-22H2,1-9H3,(H,42,43)/t24?,29?,30?,31?,32?,33?,34?,35-,36-,37-,38-,39-,40?,41?/m1/s1. The lowest BCUT2D eigenvalue weighted by atomic mass is 9.46. The molecule has 1 saturated heterocycles. The van der Waals surface area contributed by atoms with E-state index in [1.807, 2.05) is 0 Å². The Hall–Kier alpha value is -2.46. The van der Waals surface area contributed by atoms with Crippen molar-refractivity contribution in [2.75, 3.05) is 6.61 Å². The second kappa shape index (κ2) is 16.3. The summed E-state index contributed by atoms with van der Waals surface area (Å²) < 4.78 is 29.6. The second-order valence-corrected chi connectivity index (χ2v) is 17.6. The Morgan fingerprint density at radius 3 is 2.14 bits per heavy atom. The minimum Gasteiger partial charge on any atom is -0.463 e. The molecule has 0 spiro atoms. The largest absolute Gasteiger partial charge is 0.463 e. The molecule has 1 aliphatic heterocycles. The molecule has 0 aromatic rings. The fraction of sp³-hybridized carbons (Fsp3) is 0.854. The molecule has 5 rings (SSSR count). The number of esters is 3. The molecule has 5 aliphatic rings. The van der Waals surface area contributed by atoms with Crippen LogP contribution in [0.5, 0.6) is 0 Å². The van der Waals surface area contributed by atoms with Crippen LogP contribution in [0.1, 0.15) is 127 Å². The molecule has 51 heavy (non-hydrogen) atoms. The molecule has 0 radical (unpaired) electrons. The van der Waals surface area contributed by atoms with E-state index in [0.29, 0.717) is 23.2 Å². The van der Waals surface area contributed by atoms with Crippen molar-refractivity contribution in [2.45, 2.75) is 163 Å². The van der Waals surface area contributed by atoms with Gasteiger partial charge in [0.15, 0.2) is 18.5 Å². The molecule has 10 heteroatoms. The normalized spacial score (nSPS) is 40.7. The van der Waals surface area contributed by atoms with Gasteiger partial charge in [-0.25, -0.2) is 0 Å². The van der Waals surface area contributed by atoms with Crippen molar-refractivity contribution in [3.05, 3.63) is 12.2 Å². The zero-order valence-corrected chi connectivity index (χ0v) is 32.6. The minimum atomic E-state index is -1.13. The van der Waals surface area contributed by atoms with Crippen molar-refractivity contribution in [2.24, 2.45) is 52.3 Å². The molecule has 4 aliphatic carbocycles. The number of carbonyl (C=O) groups excluding carboxylic acids is 4. The number of amides is 1. The van der Waals surface area contributed by atoms with Gasteiger partial charge in [-0.15, -0.1) is 0 Å². The molecule has 4 fully saturated rings. The quantitative estimate of drug-likeness (QED) is 0.130. The van der Waals surface area contributed by atoms with Gasteiger partial charge in [0.05, 0.1) is 6.10 Å². The van der Waals surface area contributed by atoms with Gasteiger partial charge in [0.25, 0.3) is 0 Å².